The molecule has 2 heterocycles. The third-order valence-electron chi connectivity index (χ3n) is 4.32. The lowest BCUT2D eigenvalue weighted by Crippen LogP contribution is -2.51. The van der Waals surface area contributed by atoms with Gasteiger partial charge in [-0.1, -0.05) is 0 Å². The molecule has 0 bridgehead atoms. The van der Waals surface area contributed by atoms with E-state index in [1.165, 1.54) is 35.5 Å². The molecule has 1 atom stereocenters. The summed E-state index contributed by atoms with van der Waals surface area (Å²) in [6.45, 7) is 0.812. The highest BCUT2D eigenvalue weighted by molar-refractivity contribution is 7.09. The second-order valence-corrected chi connectivity index (χ2v) is 6.97. The van der Waals surface area contributed by atoms with Gasteiger partial charge in [-0.2, -0.15) is 0 Å². The maximum atomic E-state index is 13.0. The minimum absolute atomic E-state index is 0.200. The van der Waals surface area contributed by atoms with Gasteiger partial charge in [-0.3, -0.25) is 9.69 Å². The van der Waals surface area contributed by atoms with Gasteiger partial charge >= 0.3 is 6.09 Å². The zero-order valence-corrected chi connectivity index (χ0v) is 15.2. The van der Waals surface area contributed by atoms with Crippen LogP contribution < -0.4 is 5.32 Å². The van der Waals surface area contributed by atoms with Crippen LogP contribution in [0.2, 0.25) is 0 Å². The minimum atomic E-state index is -0.507. The molecule has 0 aliphatic carbocycles. The van der Waals surface area contributed by atoms with Crippen LogP contribution in [0.15, 0.2) is 29.6 Å². The van der Waals surface area contributed by atoms with E-state index >= 15 is 0 Å². The van der Waals surface area contributed by atoms with Gasteiger partial charge in [-0.15, -0.1) is 11.3 Å². The molecule has 2 aromatic rings. The van der Waals surface area contributed by atoms with E-state index in [0.717, 1.165) is 29.1 Å². The Labute approximate surface area is 155 Å². The van der Waals surface area contributed by atoms with Gasteiger partial charge in [0.2, 0.25) is 5.91 Å². The molecule has 1 aliphatic heterocycles. The van der Waals surface area contributed by atoms with Crippen molar-refractivity contribution in [3.05, 3.63) is 40.5 Å². The summed E-state index contributed by atoms with van der Waals surface area (Å²) in [7, 11) is 1.32. The van der Waals surface area contributed by atoms with E-state index in [0.29, 0.717) is 13.0 Å². The number of methoxy groups -OCH3 is 1. The zero-order valence-electron chi connectivity index (χ0n) is 14.4. The lowest BCUT2D eigenvalue weighted by molar-refractivity contribution is -0.127. The van der Waals surface area contributed by atoms with Crippen molar-refractivity contribution in [2.45, 2.75) is 31.8 Å². The fraction of sp³-hybridized carbons (Fsp3) is 0.389. The molecule has 1 aromatic carbocycles. The van der Waals surface area contributed by atoms with Crippen molar-refractivity contribution in [1.29, 1.82) is 0 Å². The van der Waals surface area contributed by atoms with Gasteiger partial charge in [-0.05, 0) is 43.5 Å². The van der Waals surface area contributed by atoms with E-state index in [2.05, 4.69) is 10.3 Å². The van der Waals surface area contributed by atoms with Crippen LogP contribution in [0.1, 0.15) is 24.3 Å². The van der Waals surface area contributed by atoms with E-state index in [-0.39, 0.29) is 18.3 Å². The van der Waals surface area contributed by atoms with Crippen LogP contribution in [-0.4, -0.2) is 41.6 Å². The molecule has 26 heavy (non-hydrogen) atoms. The summed E-state index contributed by atoms with van der Waals surface area (Å²) >= 11 is 1.42. The van der Waals surface area contributed by atoms with Gasteiger partial charge in [0.25, 0.3) is 0 Å². The van der Waals surface area contributed by atoms with Crippen LogP contribution in [0.5, 0.6) is 0 Å². The quantitative estimate of drug-likeness (QED) is 0.888. The fourth-order valence-corrected chi connectivity index (χ4v) is 3.71. The van der Waals surface area contributed by atoms with Crippen molar-refractivity contribution >= 4 is 23.3 Å². The van der Waals surface area contributed by atoms with E-state index in [4.69, 9.17) is 4.74 Å². The number of hydrogen-bond acceptors (Lipinski definition) is 5. The van der Waals surface area contributed by atoms with Crippen LogP contribution in [0.4, 0.5) is 9.18 Å². The number of hydrogen-bond donors (Lipinski definition) is 1. The summed E-state index contributed by atoms with van der Waals surface area (Å²) in [5.74, 6) is -0.493. The Morgan fingerprint density at radius 3 is 2.85 bits per heavy atom. The Morgan fingerprint density at radius 1 is 1.35 bits per heavy atom. The topological polar surface area (TPSA) is 71.5 Å². The van der Waals surface area contributed by atoms with Gasteiger partial charge in [0.1, 0.15) is 16.9 Å². The first-order valence-electron chi connectivity index (χ1n) is 8.41. The molecule has 1 fully saturated rings. The van der Waals surface area contributed by atoms with E-state index in [1.54, 1.807) is 12.1 Å². The SMILES string of the molecule is COC(=O)N1CCCCC1C(=O)NCc1nc(-c2ccc(F)cc2)cs1. The van der Waals surface area contributed by atoms with E-state index in [1.807, 2.05) is 5.38 Å². The highest BCUT2D eigenvalue weighted by atomic mass is 32.1. The zero-order chi connectivity index (χ0) is 18.5. The van der Waals surface area contributed by atoms with Gasteiger partial charge < -0.3 is 10.1 Å². The summed E-state index contributed by atoms with van der Waals surface area (Å²) in [6, 6.07) is 5.61. The number of nitrogens with zero attached hydrogens (tertiary/aromatic N) is 2. The van der Waals surface area contributed by atoms with Gasteiger partial charge in [0.15, 0.2) is 0 Å². The molecule has 0 saturated carbocycles. The molecule has 3 rings (SSSR count). The van der Waals surface area contributed by atoms with Crippen LogP contribution in [0.25, 0.3) is 11.3 Å². The molecular formula is C18H20FN3O3S. The molecule has 0 radical (unpaired) electrons. The molecule has 1 saturated heterocycles. The summed E-state index contributed by atoms with van der Waals surface area (Å²) in [5, 5.41) is 5.47. The van der Waals surface area contributed by atoms with Crippen LogP contribution >= 0.6 is 11.3 Å². The largest absolute Gasteiger partial charge is 0.453 e. The molecule has 8 heteroatoms. The first kappa shape index (κ1) is 18.3. The maximum absolute atomic E-state index is 13.0. The first-order chi connectivity index (χ1) is 12.6. The van der Waals surface area contributed by atoms with Crippen molar-refractivity contribution in [2.75, 3.05) is 13.7 Å². The van der Waals surface area contributed by atoms with E-state index in [9.17, 15) is 14.0 Å². The predicted molar refractivity (Wildman–Crippen MR) is 96.1 cm³/mol. The summed E-state index contributed by atoms with van der Waals surface area (Å²) in [6.07, 6.45) is 1.92. The summed E-state index contributed by atoms with van der Waals surface area (Å²) in [4.78, 5) is 30.3. The number of halogens is 1. The predicted octanol–water partition coefficient (Wildman–Crippen LogP) is 3.19. The Bertz CT molecular complexity index is 778. The number of benzene rings is 1. The molecule has 1 aromatic heterocycles. The molecule has 0 spiro atoms. The van der Waals surface area contributed by atoms with E-state index < -0.39 is 12.1 Å². The van der Waals surface area contributed by atoms with Crippen molar-refractivity contribution in [3.8, 4) is 11.3 Å². The molecule has 6 nitrogen and oxygen atoms in total. The second-order valence-electron chi connectivity index (χ2n) is 6.03. The number of carbonyl (C=O) groups excluding carboxylic acids is 2. The Hall–Kier alpha value is -2.48. The first-order valence-corrected chi connectivity index (χ1v) is 9.29. The van der Waals surface area contributed by atoms with Crippen LogP contribution in [0.3, 0.4) is 0 Å². The Morgan fingerprint density at radius 2 is 2.12 bits per heavy atom. The lowest BCUT2D eigenvalue weighted by Gasteiger charge is -2.33. The second kappa shape index (κ2) is 8.27. The van der Waals surface area contributed by atoms with Crippen molar-refractivity contribution < 1.29 is 18.7 Å². The smallest absolute Gasteiger partial charge is 0.410 e. The highest BCUT2D eigenvalue weighted by Crippen LogP contribution is 2.22. The number of amides is 2. The highest BCUT2D eigenvalue weighted by Gasteiger charge is 2.32. The minimum Gasteiger partial charge on any atom is -0.453 e. The van der Waals surface area contributed by atoms with Crippen LogP contribution in [-0.2, 0) is 16.1 Å². The van der Waals surface area contributed by atoms with Gasteiger partial charge in [0, 0.05) is 17.5 Å². The van der Waals surface area contributed by atoms with Crippen molar-refractivity contribution in [2.24, 2.45) is 0 Å². The van der Waals surface area contributed by atoms with Gasteiger partial charge in [-0.25, -0.2) is 14.2 Å². The number of ether oxygens (including phenoxy) is 1. The maximum Gasteiger partial charge on any atom is 0.410 e. The summed E-state index contributed by atoms with van der Waals surface area (Å²) < 4.78 is 17.8. The number of nitrogens with one attached hydrogen (secondary N) is 1. The molecule has 1 N–H and O–H groups in total. The number of rotatable bonds is 4. The van der Waals surface area contributed by atoms with Crippen molar-refractivity contribution in [3.63, 3.8) is 0 Å². The Kier molecular flexibility index (Phi) is 5.82. The van der Waals surface area contributed by atoms with Gasteiger partial charge in [0.05, 0.1) is 19.3 Å². The average molecular weight is 377 g/mol. The van der Waals surface area contributed by atoms with Crippen molar-refractivity contribution in [1.82, 2.24) is 15.2 Å². The number of aromatic nitrogens is 1. The number of piperidine rings is 1. The van der Waals surface area contributed by atoms with Crippen LogP contribution in [0, 0.1) is 5.82 Å². The summed E-state index contributed by atoms with van der Waals surface area (Å²) in [5.41, 5.74) is 1.57. The normalized spacial score (nSPS) is 17.0. The standard InChI is InChI=1S/C18H20FN3O3S/c1-25-18(24)22-9-3-2-4-15(22)17(23)20-10-16-21-14(11-26-16)12-5-7-13(19)8-6-12/h5-8,11,15H,2-4,9-10H2,1H3,(H,20,23). The lowest BCUT2D eigenvalue weighted by atomic mass is 10.0. The number of likely N-dealkylation sites (tertiary alicyclic amines) is 1. The monoisotopic (exact) mass is 377 g/mol. The molecule has 1 aliphatic rings. The molecular weight excluding hydrogens is 357 g/mol. The fourth-order valence-electron chi connectivity index (χ4n) is 2.97. The Balaban J connectivity index is 1.60. The number of thiazole rings is 1. The average Bonchev–Trinajstić information content (AvgIpc) is 3.15. The molecule has 1 unspecified atom stereocenters. The molecule has 2 amide bonds. The number of carbonyl (C=O) groups is 2. The molecule has 138 valence electrons. The third kappa shape index (κ3) is 4.19. The third-order valence-corrected chi connectivity index (χ3v) is 5.17.